The second-order valence-corrected chi connectivity index (χ2v) is 3.64. The van der Waals surface area contributed by atoms with Gasteiger partial charge < -0.3 is 35.6 Å². The summed E-state index contributed by atoms with van der Waals surface area (Å²) in [6, 6.07) is 0. The maximum Gasteiger partial charge on any atom is 0.219 e. The van der Waals surface area contributed by atoms with Gasteiger partial charge in [0.05, 0.1) is 6.61 Å². The largest absolute Gasteiger partial charge is 0.394 e. The minimum atomic E-state index is -2.46. The predicted octanol–water partition coefficient (Wildman–Crippen LogP) is -3.76. The maximum atomic E-state index is 10.8. The molecule has 1 aliphatic rings. The number of amides is 1. The van der Waals surface area contributed by atoms with Gasteiger partial charge in [0.25, 0.3) is 0 Å². The monoisotopic (exact) mass is 237 g/mol. The van der Waals surface area contributed by atoms with Crippen molar-refractivity contribution in [2.75, 3.05) is 6.61 Å². The highest BCUT2D eigenvalue weighted by Crippen LogP contribution is 2.26. The van der Waals surface area contributed by atoms with Gasteiger partial charge in [-0.25, -0.2) is 0 Å². The molecule has 5 atom stereocenters. The van der Waals surface area contributed by atoms with E-state index in [0.29, 0.717) is 0 Å². The van der Waals surface area contributed by atoms with Gasteiger partial charge in [0.2, 0.25) is 5.91 Å². The SMILES string of the molecule is CC(=O)NC1(O)C(O)C(O)OC(CO)C1O. The summed E-state index contributed by atoms with van der Waals surface area (Å²) in [5, 5.41) is 48.9. The third-order valence-corrected chi connectivity index (χ3v) is 2.39. The molecule has 1 rings (SSSR count). The summed E-state index contributed by atoms with van der Waals surface area (Å²) >= 11 is 0. The van der Waals surface area contributed by atoms with E-state index < -0.39 is 42.8 Å². The Labute approximate surface area is 91.1 Å². The van der Waals surface area contributed by atoms with Crippen LogP contribution >= 0.6 is 0 Å². The highest BCUT2D eigenvalue weighted by atomic mass is 16.6. The van der Waals surface area contributed by atoms with Gasteiger partial charge >= 0.3 is 0 Å². The molecule has 8 heteroatoms. The molecular weight excluding hydrogens is 222 g/mol. The Balaban J connectivity index is 2.96. The first kappa shape index (κ1) is 13.3. The lowest BCUT2D eigenvalue weighted by molar-refractivity contribution is -0.327. The molecule has 0 bridgehead atoms. The molecule has 16 heavy (non-hydrogen) atoms. The van der Waals surface area contributed by atoms with Crippen LogP contribution in [0.3, 0.4) is 0 Å². The first-order valence-corrected chi connectivity index (χ1v) is 4.64. The summed E-state index contributed by atoms with van der Waals surface area (Å²) in [5.41, 5.74) is -2.46. The van der Waals surface area contributed by atoms with E-state index in [4.69, 9.17) is 5.11 Å². The van der Waals surface area contributed by atoms with Crippen LogP contribution < -0.4 is 5.32 Å². The number of nitrogens with one attached hydrogen (secondary N) is 1. The molecule has 1 amide bonds. The molecular formula is C8H15NO7. The van der Waals surface area contributed by atoms with Gasteiger partial charge in [-0.1, -0.05) is 0 Å². The lowest BCUT2D eigenvalue weighted by Crippen LogP contribution is -2.73. The Kier molecular flexibility index (Phi) is 3.84. The Morgan fingerprint density at radius 3 is 2.38 bits per heavy atom. The van der Waals surface area contributed by atoms with Crippen LogP contribution in [0.15, 0.2) is 0 Å². The van der Waals surface area contributed by atoms with Crippen molar-refractivity contribution in [2.45, 2.75) is 37.3 Å². The van der Waals surface area contributed by atoms with E-state index in [2.05, 4.69) is 4.74 Å². The molecule has 1 heterocycles. The minimum Gasteiger partial charge on any atom is -0.394 e. The second-order valence-electron chi connectivity index (χ2n) is 3.64. The minimum absolute atomic E-state index is 0.688. The Morgan fingerprint density at radius 1 is 1.38 bits per heavy atom. The quantitative estimate of drug-likeness (QED) is 0.271. The van der Waals surface area contributed by atoms with Crippen molar-refractivity contribution in [1.29, 1.82) is 0 Å². The van der Waals surface area contributed by atoms with E-state index in [0.717, 1.165) is 6.92 Å². The molecule has 0 aromatic heterocycles. The van der Waals surface area contributed by atoms with Crippen LogP contribution in [0.4, 0.5) is 0 Å². The van der Waals surface area contributed by atoms with Gasteiger partial charge in [-0.3, -0.25) is 4.79 Å². The summed E-state index contributed by atoms with van der Waals surface area (Å²) in [6.07, 6.45) is -6.82. The molecule has 0 aromatic carbocycles. The number of carbonyl (C=O) groups is 1. The lowest BCUT2D eigenvalue weighted by Gasteiger charge is -2.46. The van der Waals surface area contributed by atoms with Crippen molar-refractivity contribution in [2.24, 2.45) is 0 Å². The number of hydrogen-bond acceptors (Lipinski definition) is 7. The van der Waals surface area contributed by atoms with Crippen LogP contribution in [0.25, 0.3) is 0 Å². The van der Waals surface area contributed by atoms with E-state index in [1.807, 2.05) is 5.32 Å². The third-order valence-electron chi connectivity index (χ3n) is 2.39. The van der Waals surface area contributed by atoms with E-state index in [-0.39, 0.29) is 0 Å². The summed E-state index contributed by atoms with van der Waals surface area (Å²) in [5.74, 6) is -0.716. The van der Waals surface area contributed by atoms with E-state index in [9.17, 15) is 25.2 Å². The normalized spacial score (nSPS) is 44.1. The van der Waals surface area contributed by atoms with Crippen molar-refractivity contribution < 1.29 is 35.1 Å². The molecule has 8 nitrogen and oxygen atoms in total. The van der Waals surface area contributed by atoms with Crippen LogP contribution in [-0.2, 0) is 9.53 Å². The zero-order valence-electron chi connectivity index (χ0n) is 8.57. The maximum absolute atomic E-state index is 10.8. The fraction of sp³-hybridized carbons (Fsp3) is 0.875. The zero-order valence-corrected chi connectivity index (χ0v) is 8.57. The summed E-state index contributed by atoms with van der Waals surface area (Å²) in [4.78, 5) is 10.8. The first-order valence-electron chi connectivity index (χ1n) is 4.64. The summed E-state index contributed by atoms with van der Waals surface area (Å²) in [7, 11) is 0. The molecule has 6 N–H and O–H groups in total. The molecule has 0 spiro atoms. The molecule has 0 aromatic rings. The molecule has 0 radical (unpaired) electrons. The highest BCUT2D eigenvalue weighted by Gasteiger charge is 2.55. The predicted molar refractivity (Wildman–Crippen MR) is 48.7 cm³/mol. The topological polar surface area (TPSA) is 139 Å². The van der Waals surface area contributed by atoms with E-state index >= 15 is 0 Å². The molecule has 5 unspecified atom stereocenters. The number of carbonyl (C=O) groups excluding carboxylic acids is 1. The average molecular weight is 237 g/mol. The van der Waals surface area contributed by atoms with Crippen molar-refractivity contribution in [3.8, 4) is 0 Å². The van der Waals surface area contributed by atoms with Gasteiger partial charge in [-0.05, 0) is 0 Å². The average Bonchev–Trinajstić information content (AvgIpc) is 2.20. The van der Waals surface area contributed by atoms with Gasteiger partial charge in [0.15, 0.2) is 18.1 Å². The Bertz CT molecular complexity index is 273. The number of rotatable bonds is 2. The molecule has 0 aliphatic carbocycles. The smallest absolute Gasteiger partial charge is 0.219 e. The Hall–Kier alpha value is -0.770. The fourth-order valence-corrected chi connectivity index (χ4v) is 1.58. The zero-order chi connectivity index (χ0) is 12.5. The highest BCUT2D eigenvalue weighted by molar-refractivity contribution is 5.73. The van der Waals surface area contributed by atoms with Crippen molar-refractivity contribution in [3.05, 3.63) is 0 Å². The number of ether oxygens (including phenoxy) is 1. The number of aliphatic hydroxyl groups excluding tert-OH is 4. The van der Waals surface area contributed by atoms with Crippen LogP contribution in [0, 0.1) is 0 Å². The van der Waals surface area contributed by atoms with Gasteiger partial charge in [0, 0.05) is 6.92 Å². The summed E-state index contributed by atoms with van der Waals surface area (Å²) in [6.45, 7) is 0.375. The van der Waals surface area contributed by atoms with Crippen LogP contribution in [0.1, 0.15) is 6.92 Å². The van der Waals surface area contributed by atoms with Crippen LogP contribution in [-0.4, -0.2) is 68.4 Å². The fourth-order valence-electron chi connectivity index (χ4n) is 1.58. The van der Waals surface area contributed by atoms with Gasteiger partial charge in [-0.2, -0.15) is 0 Å². The van der Waals surface area contributed by atoms with Crippen molar-refractivity contribution in [3.63, 3.8) is 0 Å². The van der Waals surface area contributed by atoms with Gasteiger partial charge in [-0.15, -0.1) is 0 Å². The standard InChI is InChI=1S/C8H15NO7/c1-3(11)9-8(15)5(12)4(2-10)16-7(14)6(8)13/h4-7,10,12-15H,2H2,1H3,(H,9,11). The van der Waals surface area contributed by atoms with E-state index in [1.165, 1.54) is 0 Å². The van der Waals surface area contributed by atoms with Crippen molar-refractivity contribution >= 4 is 5.91 Å². The second kappa shape index (κ2) is 4.62. The van der Waals surface area contributed by atoms with Crippen molar-refractivity contribution in [1.82, 2.24) is 5.32 Å². The number of hydrogen-bond donors (Lipinski definition) is 6. The lowest BCUT2D eigenvalue weighted by atomic mass is 9.92. The van der Waals surface area contributed by atoms with Crippen LogP contribution in [0.2, 0.25) is 0 Å². The Morgan fingerprint density at radius 2 is 1.94 bits per heavy atom. The van der Waals surface area contributed by atoms with Crippen LogP contribution in [0.5, 0.6) is 0 Å². The van der Waals surface area contributed by atoms with Gasteiger partial charge in [0.1, 0.15) is 12.2 Å². The molecule has 1 saturated heterocycles. The molecule has 1 aliphatic heterocycles. The summed E-state index contributed by atoms with van der Waals surface area (Å²) < 4.78 is 4.63. The number of aliphatic hydroxyl groups is 5. The molecule has 0 saturated carbocycles. The first-order chi connectivity index (χ1) is 7.32. The molecule has 1 fully saturated rings. The molecule has 94 valence electrons. The van der Waals surface area contributed by atoms with E-state index in [1.54, 1.807) is 0 Å². The third kappa shape index (κ3) is 2.17.